The summed E-state index contributed by atoms with van der Waals surface area (Å²) in [6.07, 6.45) is 3.70. The number of amides is 1. The first-order valence-corrected chi connectivity index (χ1v) is 11.4. The van der Waals surface area contributed by atoms with Gasteiger partial charge in [0.2, 0.25) is 0 Å². The first-order chi connectivity index (χ1) is 16.7. The van der Waals surface area contributed by atoms with E-state index in [0.717, 1.165) is 41.5 Å². The Hall–Kier alpha value is -4.20. The van der Waals surface area contributed by atoms with Crippen LogP contribution in [0, 0.1) is 0 Å². The van der Waals surface area contributed by atoms with Crippen molar-refractivity contribution in [3.05, 3.63) is 72.4 Å². The predicted molar refractivity (Wildman–Crippen MR) is 132 cm³/mol. The van der Waals surface area contributed by atoms with Crippen LogP contribution >= 0.6 is 0 Å². The second-order valence-electron chi connectivity index (χ2n) is 8.25. The molecule has 4 aromatic rings. The van der Waals surface area contributed by atoms with E-state index in [-0.39, 0.29) is 5.91 Å². The molecular weight excluding hydrogens is 428 g/mol. The zero-order valence-electron chi connectivity index (χ0n) is 19.0. The summed E-state index contributed by atoms with van der Waals surface area (Å²) in [5.41, 5.74) is 4.34. The molecule has 1 aliphatic rings. The fourth-order valence-corrected chi connectivity index (χ4v) is 4.06. The predicted octanol–water partition coefficient (Wildman–Crippen LogP) is 4.78. The van der Waals surface area contributed by atoms with Crippen LogP contribution in [0.15, 0.2) is 66.7 Å². The molecule has 5 rings (SSSR count). The van der Waals surface area contributed by atoms with Crippen molar-refractivity contribution in [1.82, 2.24) is 20.4 Å². The highest BCUT2D eigenvalue weighted by Crippen LogP contribution is 2.24. The van der Waals surface area contributed by atoms with Gasteiger partial charge in [-0.25, -0.2) is 0 Å². The van der Waals surface area contributed by atoms with Gasteiger partial charge in [0.25, 0.3) is 5.91 Å². The lowest BCUT2D eigenvalue weighted by atomic mass is 10.1. The smallest absolute Gasteiger partial charge is 0.273 e. The number of hydrogen-bond acceptors (Lipinski definition) is 6. The van der Waals surface area contributed by atoms with Crippen molar-refractivity contribution in [2.24, 2.45) is 0 Å². The molecule has 1 aliphatic heterocycles. The fourth-order valence-electron chi connectivity index (χ4n) is 4.06. The summed E-state index contributed by atoms with van der Waals surface area (Å²) < 4.78 is 5.26. The number of benzene rings is 2. The van der Waals surface area contributed by atoms with Gasteiger partial charge in [0.1, 0.15) is 11.4 Å². The van der Waals surface area contributed by atoms with Gasteiger partial charge >= 0.3 is 0 Å². The molecule has 0 atom stereocenters. The van der Waals surface area contributed by atoms with Crippen LogP contribution in [0.2, 0.25) is 0 Å². The summed E-state index contributed by atoms with van der Waals surface area (Å²) >= 11 is 0. The number of nitrogens with zero attached hydrogens (tertiary/aromatic N) is 4. The van der Waals surface area contributed by atoms with Crippen LogP contribution in [0.3, 0.4) is 0 Å². The molecule has 34 heavy (non-hydrogen) atoms. The van der Waals surface area contributed by atoms with Crippen molar-refractivity contribution in [2.45, 2.75) is 19.3 Å². The van der Waals surface area contributed by atoms with Gasteiger partial charge in [0.05, 0.1) is 18.5 Å². The average molecular weight is 455 g/mol. The summed E-state index contributed by atoms with van der Waals surface area (Å²) in [6, 6.07) is 20.8. The van der Waals surface area contributed by atoms with E-state index in [0.29, 0.717) is 17.1 Å². The van der Waals surface area contributed by atoms with Crippen molar-refractivity contribution < 1.29 is 9.53 Å². The number of H-pyrrole nitrogens is 1. The fraction of sp³-hybridized carbons (Fsp3) is 0.231. The summed E-state index contributed by atoms with van der Waals surface area (Å²) in [5.74, 6) is 1.40. The molecule has 8 nitrogen and oxygen atoms in total. The normalized spacial score (nSPS) is 13.5. The second-order valence-corrected chi connectivity index (χ2v) is 8.25. The van der Waals surface area contributed by atoms with E-state index in [1.165, 1.54) is 19.3 Å². The number of carbonyl (C=O) groups excluding carboxylic acids is 1. The number of nitrogens with one attached hydrogen (secondary N) is 2. The molecule has 1 fully saturated rings. The number of hydrogen-bond donors (Lipinski definition) is 2. The van der Waals surface area contributed by atoms with Crippen LogP contribution < -0.4 is 15.0 Å². The third-order valence-electron chi connectivity index (χ3n) is 5.96. The third-order valence-corrected chi connectivity index (χ3v) is 5.96. The Labute approximate surface area is 198 Å². The van der Waals surface area contributed by atoms with Crippen molar-refractivity contribution in [2.75, 3.05) is 30.4 Å². The zero-order valence-corrected chi connectivity index (χ0v) is 19.0. The SMILES string of the molecule is COc1cccc(-c2cc(C(=O)Nc3ccc(-c4ccc(N5CCCCC5)nn4)cc3)[nH]n2)c1. The monoisotopic (exact) mass is 454 g/mol. The highest BCUT2D eigenvalue weighted by Gasteiger charge is 2.14. The summed E-state index contributed by atoms with van der Waals surface area (Å²) in [6.45, 7) is 2.08. The molecule has 2 N–H and O–H groups in total. The van der Waals surface area contributed by atoms with Crippen molar-refractivity contribution in [3.8, 4) is 28.3 Å². The zero-order chi connectivity index (χ0) is 23.3. The number of aromatic nitrogens is 4. The van der Waals surface area contributed by atoms with E-state index < -0.39 is 0 Å². The molecule has 172 valence electrons. The number of methoxy groups -OCH3 is 1. The Balaban J connectivity index is 1.24. The quantitative estimate of drug-likeness (QED) is 0.435. The molecule has 0 aliphatic carbocycles. The van der Waals surface area contributed by atoms with Gasteiger partial charge in [0.15, 0.2) is 5.82 Å². The van der Waals surface area contributed by atoms with Crippen molar-refractivity contribution >= 4 is 17.4 Å². The Morgan fingerprint density at radius 2 is 1.74 bits per heavy atom. The van der Waals surface area contributed by atoms with Crippen LogP contribution in [0.1, 0.15) is 29.8 Å². The number of piperidine rings is 1. The van der Waals surface area contributed by atoms with Crippen LogP contribution in [-0.2, 0) is 0 Å². The van der Waals surface area contributed by atoms with Crippen LogP contribution in [0.5, 0.6) is 5.75 Å². The maximum Gasteiger partial charge on any atom is 0.273 e. The molecule has 3 heterocycles. The minimum Gasteiger partial charge on any atom is -0.497 e. The number of aromatic amines is 1. The van der Waals surface area contributed by atoms with Gasteiger partial charge in [0, 0.05) is 29.9 Å². The molecule has 0 bridgehead atoms. The molecule has 8 heteroatoms. The van der Waals surface area contributed by atoms with E-state index >= 15 is 0 Å². The molecule has 2 aromatic heterocycles. The standard InChI is InChI=1S/C26H26N6O2/c1-34-21-7-5-6-19(16-21)23-17-24(30-29-23)26(33)27-20-10-8-18(9-11-20)22-12-13-25(31-28-22)32-14-3-2-4-15-32/h5-13,16-17H,2-4,14-15H2,1H3,(H,27,33)(H,29,30). The van der Waals surface area contributed by atoms with Gasteiger partial charge in [-0.15, -0.1) is 10.2 Å². The molecule has 2 aromatic carbocycles. The Kier molecular flexibility index (Phi) is 6.20. The highest BCUT2D eigenvalue weighted by atomic mass is 16.5. The van der Waals surface area contributed by atoms with Gasteiger partial charge < -0.3 is 15.0 Å². The maximum atomic E-state index is 12.7. The van der Waals surface area contributed by atoms with Crippen molar-refractivity contribution in [3.63, 3.8) is 0 Å². The van der Waals surface area contributed by atoms with E-state index in [1.54, 1.807) is 13.2 Å². The molecule has 0 radical (unpaired) electrons. The van der Waals surface area contributed by atoms with Gasteiger partial charge in [-0.1, -0.05) is 24.3 Å². The van der Waals surface area contributed by atoms with Gasteiger partial charge in [-0.3, -0.25) is 9.89 Å². The highest BCUT2D eigenvalue weighted by molar-refractivity contribution is 6.03. The largest absolute Gasteiger partial charge is 0.497 e. The number of rotatable bonds is 6. The molecule has 0 saturated carbocycles. The van der Waals surface area contributed by atoms with Crippen LogP contribution in [0.4, 0.5) is 11.5 Å². The van der Waals surface area contributed by atoms with Gasteiger partial charge in [-0.05, 0) is 61.7 Å². The van der Waals surface area contributed by atoms with Gasteiger partial charge in [-0.2, -0.15) is 5.10 Å². The second kappa shape index (κ2) is 9.74. The lowest BCUT2D eigenvalue weighted by Crippen LogP contribution is -2.30. The topological polar surface area (TPSA) is 96.0 Å². The summed E-state index contributed by atoms with van der Waals surface area (Å²) in [5, 5.41) is 18.8. The molecule has 0 unspecified atom stereocenters. The van der Waals surface area contributed by atoms with Crippen LogP contribution in [0.25, 0.3) is 22.5 Å². The maximum absolute atomic E-state index is 12.7. The number of anilines is 2. The van der Waals surface area contributed by atoms with E-state index in [9.17, 15) is 4.79 Å². The van der Waals surface area contributed by atoms with Crippen molar-refractivity contribution in [1.29, 1.82) is 0 Å². The number of carbonyl (C=O) groups is 1. The Morgan fingerprint density at radius 1 is 0.912 bits per heavy atom. The average Bonchev–Trinajstić information content (AvgIpc) is 3.41. The summed E-state index contributed by atoms with van der Waals surface area (Å²) in [7, 11) is 1.62. The molecule has 1 saturated heterocycles. The lowest BCUT2D eigenvalue weighted by molar-refractivity contribution is 0.102. The van der Waals surface area contributed by atoms with E-state index in [4.69, 9.17) is 4.74 Å². The lowest BCUT2D eigenvalue weighted by Gasteiger charge is -2.27. The first kappa shape index (κ1) is 21.6. The minimum atomic E-state index is -0.264. The molecule has 1 amide bonds. The van der Waals surface area contributed by atoms with Crippen LogP contribution in [-0.4, -0.2) is 46.5 Å². The first-order valence-electron chi connectivity index (χ1n) is 11.4. The third kappa shape index (κ3) is 4.76. The Morgan fingerprint density at radius 3 is 2.47 bits per heavy atom. The minimum absolute atomic E-state index is 0.264. The van der Waals surface area contributed by atoms with E-state index in [2.05, 4.69) is 30.6 Å². The Bertz CT molecular complexity index is 1260. The molecule has 0 spiro atoms. The number of ether oxygens (including phenoxy) is 1. The van der Waals surface area contributed by atoms with E-state index in [1.807, 2.05) is 60.7 Å². The summed E-state index contributed by atoms with van der Waals surface area (Å²) in [4.78, 5) is 15.0. The molecular formula is C26H26N6O2.